The van der Waals surface area contributed by atoms with E-state index in [1.54, 1.807) is 21.1 Å². The molecule has 2 heteroatoms. The molecule has 0 heterocycles. The van der Waals surface area contributed by atoms with Gasteiger partial charge in [-0.15, -0.1) is 0 Å². The van der Waals surface area contributed by atoms with Gasteiger partial charge in [0.05, 0.1) is 0 Å². The van der Waals surface area contributed by atoms with Crippen LogP contribution in [-0.4, -0.2) is 25.9 Å². The summed E-state index contributed by atoms with van der Waals surface area (Å²) < 4.78 is 4.25. The van der Waals surface area contributed by atoms with Gasteiger partial charge in [0.15, 0.2) is 0 Å². The Kier molecular flexibility index (Phi) is 14.5. The number of hydrogen-bond acceptors (Lipinski definition) is 2. The summed E-state index contributed by atoms with van der Waals surface area (Å²) >= 11 is 0. The summed E-state index contributed by atoms with van der Waals surface area (Å²) in [5.41, 5.74) is 2.76. The first-order valence-corrected chi connectivity index (χ1v) is 5.22. The SMILES string of the molecule is CCO.CCc1ccc(C)cc1.COC. The van der Waals surface area contributed by atoms with Gasteiger partial charge < -0.3 is 9.84 Å². The number of aliphatic hydroxyl groups excluding tert-OH is 1. The number of benzene rings is 1. The molecule has 2 nitrogen and oxygen atoms in total. The molecule has 1 aromatic rings. The minimum absolute atomic E-state index is 0.250. The van der Waals surface area contributed by atoms with Crippen LogP contribution >= 0.6 is 0 Å². The number of rotatable bonds is 1. The van der Waals surface area contributed by atoms with Crippen LogP contribution in [0.5, 0.6) is 0 Å². The molecule has 88 valence electrons. The van der Waals surface area contributed by atoms with Crippen LogP contribution in [0, 0.1) is 6.92 Å². The molecule has 0 atom stereocenters. The predicted octanol–water partition coefficient (Wildman–Crippen LogP) is 2.82. The molecule has 1 N–H and O–H groups in total. The predicted molar refractivity (Wildman–Crippen MR) is 66.2 cm³/mol. The first kappa shape index (κ1) is 16.6. The Balaban J connectivity index is 0. The van der Waals surface area contributed by atoms with Gasteiger partial charge in [-0.25, -0.2) is 0 Å². The van der Waals surface area contributed by atoms with Crippen LogP contribution in [0.4, 0.5) is 0 Å². The second-order valence-electron chi connectivity index (χ2n) is 3.06. The van der Waals surface area contributed by atoms with Crippen molar-refractivity contribution < 1.29 is 9.84 Å². The normalized spacial score (nSPS) is 8.13. The van der Waals surface area contributed by atoms with Crippen LogP contribution in [0.25, 0.3) is 0 Å². The fourth-order valence-electron chi connectivity index (χ4n) is 0.824. The highest BCUT2D eigenvalue weighted by Gasteiger charge is 1.84. The average molecular weight is 212 g/mol. The van der Waals surface area contributed by atoms with E-state index >= 15 is 0 Å². The number of hydrogen-bond donors (Lipinski definition) is 1. The highest BCUT2D eigenvalue weighted by molar-refractivity contribution is 5.20. The highest BCUT2D eigenvalue weighted by Crippen LogP contribution is 2.02. The van der Waals surface area contributed by atoms with Gasteiger partial charge in [-0.1, -0.05) is 36.8 Å². The molecule has 0 amide bonds. The Morgan fingerprint density at radius 2 is 1.40 bits per heavy atom. The summed E-state index contributed by atoms with van der Waals surface area (Å²) in [6.45, 7) is 6.21. The number of methoxy groups -OCH3 is 1. The molecule has 1 aromatic carbocycles. The van der Waals surface area contributed by atoms with E-state index in [1.807, 2.05) is 0 Å². The molecule has 1 rings (SSSR count). The molecule has 0 unspecified atom stereocenters. The number of aliphatic hydroxyl groups is 1. The van der Waals surface area contributed by atoms with Crippen molar-refractivity contribution in [3.05, 3.63) is 35.4 Å². The molecular formula is C13H24O2. The standard InChI is InChI=1S/C9H12.2C2H6O/c1-3-9-6-4-8(2)5-7-9;1-3-2;1-2-3/h4-7H,3H2,1-2H3;1-2H3;3H,2H2,1H3. The van der Waals surface area contributed by atoms with Crippen molar-refractivity contribution in [1.82, 2.24) is 0 Å². The molecule has 0 spiro atoms. The average Bonchev–Trinajstić information content (AvgIpc) is 2.21. The van der Waals surface area contributed by atoms with Crippen molar-refractivity contribution in [2.24, 2.45) is 0 Å². The minimum atomic E-state index is 0.250. The van der Waals surface area contributed by atoms with E-state index in [1.165, 1.54) is 11.1 Å². The monoisotopic (exact) mass is 212 g/mol. The van der Waals surface area contributed by atoms with Gasteiger partial charge in [-0.2, -0.15) is 0 Å². The maximum absolute atomic E-state index is 7.57. The smallest absolute Gasteiger partial charge is 0.0402 e. The second kappa shape index (κ2) is 13.1. The lowest BCUT2D eigenvalue weighted by atomic mass is 10.1. The van der Waals surface area contributed by atoms with Gasteiger partial charge in [-0.05, 0) is 25.8 Å². The van der Waals surface area contributed by atoms with Crippen LogP contribution in [0.1, 0.15) is 25.0 Å². The zero-order chi connectivity index (χ0) is 12.1. The maximum Gasteiger partial charge on any atom is 0.0402 e. The van der Waals surface area contributed by atoms with Gasteiger partial charge in [0.2, 0.25) is 0 Å². The van der Waals surface area contributed by atoms with Crippen molar-refractivity contribution in [2.75, 3.05) is 20.8 Å². The first-order valence-electron chi connectivity index (χ1n) is 5.22. The molecule has 0 fully saturated rings. The lowest BCUT2D eigenvalue weighted by Gasteiger charge is -1.94. The molecular weight excluding hydrogens is 188 g/mol. The van der Waals surface area contributed by atoms with E-state index in [0.717, 1.165) is 6.42 Å². The third-order valence-corrected chi connectivity index (χ3v) is 1.53. The van der Waals surface area contributed by atoms with Gasteiger partial charge >= 0.3 is 0 Å². The summed E-state index contributed by atoms with van der Waals surface area (Å²) in [6, 6.07) is 8.66. The quantitative estimate of drug-likeness (QED) is 0.775. The lowest BCUT2D eigenvalue weighted by molar-refractivity contribution is 0.277. The van der Waals surface area contributed by atoms with E-state index < -0.39 is 0 Å². The Labute approximate surface area is 93.9 Å². The number of ether oxygens (including phenoxy) is 1. The largest absolute Gasteiger partial charge is 0.397 e. The van der Waals surface area contributed by atoms with Crippen molar-refractivity contribution in [2.45, 2.75) is 27.2 Å². The molecule has 15 heavy (non-hydrogen) atoms. The van der Waals surface area contributed by atoms with E-state index in [-0.39, 0.29) is 6.61 Å². The zero-order valence-corrected chi connectivity index (χ0v) is 10.6. The molecule has 0 saturated heterocycles. The third-order valence-electron chi connectivity index (χ3n) is 1.53. The molecule has 0 saturated carbocycles. The zero-order valence-electron chi connectivity index (χ0n) is 10.6. The Bertz CT molecular complexity index is 202. The van der Waals surface area contributed by atoms with Crippen LogP contribution < -0.4 is 0 Å². The molecule has 0 radical (unpaired) electrons. The molecule has 0 aromatic heterocycles. The van der Waals surface area contributed by atoms with Gasteiger partial charge in [0, 0.05) is 20.8 Å². The Morgan fingerprint density at radius 1 is 1.07 bits per heavy atom. The first-order chi connectivity index (χ1) is 7.15. The fourth-order valence-corrected chi connectivity index (χ4v) is 0.824. The summed E-state index contributed by atoms with van der Waals surface area (Å²) in [5, 5.41) is 7.57. The summed E-state index contributed by atoms with van der Waals surface area (Å²) in [6.07, 6.45) is 1.14. The van der Waals surface area contributed by atoms with Crippen molar-refractivity contribution in [3.8, 4) is 0 Å². The van der Waals surface area contributed by atoms with Crippen LogP contribution in [0.3, 0.4) is 0 Å². The Hall–Kier alpha value is -0.860. The second-order valence-corrected chi connectivity index (χ2v) is 3.06. The van der Waals surface area contributed by atoms with Crippen LogP contribution in [0.2, 0.25) is 0 Å². The topological polar surface area (TPSA) is 29.5 Å². The molecule has 0 bridgehead atoms. The van der Waals surface area contributed by atoms with Crippen LogP contribution in [0.15, 0.2) is 24.3 Å². The van der Waals surface area contributed by atoms with E-state index in [4.69, 9.17) is 5.11 Å². The van der Waals surface area contributed by atoms with Crippen LogP contribution in [-0.2, 0) is 11.2 Å². The number of aryl methyl sites for hydroxylation is 2. The minimum Gasteiger partial charge on any atom is -0.397 e. The molecule has 0 aliphatic carbocycles. The molecule has 0 aliphatic rings. The van der Waals surface area contributed by atoms with E-state index in [0.29, 0.717) is 0 Å². The van der Waals surface area contributed by atoms with Crippen molar-refractivity contribution >= 4 is 0 Å². The highest BCUT2D eigenvalue weighted by atomic mass is 16.4. The summed E-state index contributed by atoms with van der Waals surface area (Å²) in [5.74, 6) is 0. The van der Waals surface area contributed by atoms with Crippen molar-refractivity contribution in [1.29, 1.82) is 0 Å². The van der Waals surface area contributed by atoms with Gasteiger partial charge in [-0.3, -0.25) is 0 Å². The summed E-state index contributed by atoms with van der Waals surface area (Å²) in [4.78, 5) is 0. The lowest BCUT2D eigenvalue weighted by Crippen LogP contribution is -1.77. The molecule has 0 aliphatic heterocycles. The Morgan fingerprint density at radius 3 is 1.67 bits per heavy atom. The van der Waals surface area contributed by atoms with E-state index in [9.17, 15) is 0 Å². The maximum atomic E-state index is 7.57. The van der Waals surface area contributed by atoms with Crippen molar-refractivity contribution in [3.63, 3.8) is 0 Å². The van der Waals surface area contributed by atoms with Gasteiger partial charge in [0.25, 0.3) is 0 Å². The van der Waals surface area contributed by atoms with E-state index in [2.05, 4.69) is 42.8 Å². The third kappa shape index (κ3) is 13.1. The van der Waals surface area contributed by atoms with Gasteiger partial charge in [0.1, 0.15) is 0 Å². The summed E-state index contributed by atoms with van der Waals surface area (Å²) in [7, 11) is 3.25. The fraction of sp³-hybridized carbons (Fsp3) is 0.538.